The average molecular weight is 307 g/mol. The van der Waals surface area contributed by atoms with Crippen LogP contribution in [0.2, 0.25) is 10.0 Å². The summed E-state index contributed by atoms with van der Waals surface area (Å²) < 4.78 is 10.9. The Bertz CT molecular complexity index is 400. The van der Waals surface area contributed by atoms with Gasteiger partial charge in [0.1, 0.15) is 17.4 Å². The standard InChI is InChI=1S/C13H20Cl2N2O2/c1-4-5-16-12-10(14)8-11(15)13(17-12)19-7-6-18-9(2)3/h8-9H,4-7H2,1-3H3,(H,16,17). The lowest BCUT2D eigenvalue weighted by molar-refractivity contribution is 0.0543. The second-order valence-electron chi connectivity index (χ2n) is 4.30. The first-order valence-corrected chi connectivity index (χ1v) is 7.14. The quantitative estimate of drug-likeness (QED) is 0.737. The van der Waals surface area contributed by atoms with Crippen molar-refractivity contribution < 1.29 is 9.47 Å². The van der Waals surface area contributed by atoms with Gasteiger partial charge in [-0.15, -0.1) is 0 Å². The van der Waals surface area contributed by atoms with Crippen molar-refractivity contribution in [1.82, 2.24) is 4.98 Å². The fraction of sp³-hybridized carbons (Fsp3) is 0.615. The molecule has 0 saturated heterocycles. The van der Waals surface area contributed by atoms with Gasteiger partial charge in [0, 0.05) is 6.54 Å². The Morgan fingerprint density at radius 3 is 2.63 bits per heavy atom. The van der Waals surface area contributed by atoms with E-state index < -0.39 is 0 Å². The highest BCUT2D eigenvalue weighted by atomic mass is 35.5. The van der Waals surface area contributed by atoms with E-state index in [2.05, 4.69) is 17.2 Å². The van der Waals surface area contributed by atoms with E-state index in [9.17, 15) is 0 Å². The van der Waals surface area contributed by atoms with Crippen LogP contribution in [0.15, 0.2) is 6.07 Å². The van der Waals surface area contributed by atoms with Crippen molar-refractivity contribution in [2.45, 2.75) is 33.3 Å². The molecule has 0 unspecified atom stereocenters. The maximum atomic E-state index is 6.05. The van der Waals surface area contributed by atoms with Crippen LogP contribution in [-0.4, -0.2) is 30.8 Å². The molecule has 108 valence electrons. The van der Waals surface area contributed by atoms with Gasteiger partial charge in [0.2, 0.25) is 5.88 Å². The van der Waals surface area contributed by atoms with E-state index in [1.54, 1.807) is 6.07 Å². The van der Waals surface area contributed by atoms with Crippen molar-refractivity contribution in [2.75, 3.05) is 25.1 Å². The third-order valence-corrected chi connectivity index (χ3v) is 2.77. The number of nitrogens with one attached hydrogen (secondary N) is 1. The molecule has 0 bridgehead atoms. The van der Waals surface area contributed by atoms with E-state index in [4.69, 9.17) is 32.7 Å². The Balaban J connectivity index is 2.61. The molecule has 0 radical (unpaired) electrons. The van der Waals surface area contributed by atoms with Crippen LogP contribution >= 0.6 is 23.2 Å². The van der Waals surface area contributed by atoms with Crippen molar-refractivity contribution in [3.8, 4) is 5.88 Å². The van der Waals surface area contributed by atoms with Gasteiger partial charge >= 0.3 is 0 Å². The molecule has 0 spiro atoms. The van der Waals surface area contributed by atoms with Crippen LogP contribution in [0, 0.1) is 0 Å². The van der Waals surface area contributed by atoms with Gasteiger partial charge in [0.05, 0.1) is 17.7 Å². The molecule has 0 aliphatic carbocycles. The molecule has 0 aliphatic heterocycles. The minimum Gasteiger partial charge on any atom is -0.474 e. The summed E-state index contributed by atoms with van der Waals surface area (Å²) in [5.74, 6) is 0.963. The van der Waals surface area contributed by atoms with Gasteiger partial charge in [0.25, 0.3) is 0 Å². The molecule has 0 aromatic carbocycles. The maximum absolute atomic E-state index is 6.05. The van der Waals surface area contributed by atoms with Gasteiger partial charge in [-0.3, -0.25) is 0 Å². The number of ether oxygens (including phenoxy) is 2. The van der Waals surface area contributed by atoms with Crippen LogP contribution in [0.1, 0.15) is 27.2 Å². The summed E-state index contributed by atoms with van der Waals surface area (Å²) in [5, 5.41) is 4.02. The van der Waals surface area contributed by atoms with Gasteiger partial charge in [-0.2, -0.15) is 4.98 Å². The molecule has 4 nitrogen and oxygen atoms in total. The predicted octanol–water partition coefficient (Wildman–Crippen LogP) is 4.01. The van der Waals surface area contributed by atoms with E-state index in [0.717, 1.165) is 13.0 Å². The summed E-state index contributed by atoms with van der Waals surface area (Å²) in [6.45, 7) is 7.71. The van der Waals surface area contributed by atoms with Crippen molar-refractivity contribution >= 4 is 29.0 Å². The molecule has 1 rings (SSSR count). The SMILES string of the molecule is CCCNc1nc(OCCOC(C)C)c(Cl)cc1Cl. The highest BCUT2D eigenvalue weighted by Gasteiger charge is 2.10. The van der Waals surface area contributed by atoms with Gasteiger partial charge in [-0.25, -0.2) is 0 Å². The van der Waals surface area contributed by atoms with Gasteiger partial charge in [-0.1, -0.05) is 30.1 Å². The van der Waals surface area contributed by atoms with Crippen LogP contribution in [0.5, 0.6) is 5.88 Å². The summed E-state index contributed by atoms with van der Waals surface area (Å²) in [4.78, 5) is 4.27. The fourth-order valence-corrected chi connectivity index (χ4v) is 1.82. The van der Waals surface area contributed by atoms with E-state index in [0.29, 0.717) is 35.0 Å². The molecule has 0 aliphatic rings. The Kier molecular flexibility index (Phi) is 7.28. The molecule has 6 heteroatoms. The molecular formula is C13H20Cl2N2O2. The molecule has 1 aromatic rings. The molecular weight excluding hydrogens is 287 g/mol. The second-order valence-corrected chi connectivity index (χ2v) is 5.11. The number of pyridine rings is 1. The van der Waals surface area contributed by atoms with Crippen molar-refractivity contribution in [3.63, 3.8) is 0 Å². The number of hydrogen-bond acceptors (Lipinski definition) is 4. The lowest BCUT2D eigenvalue weighted by Gasteiger charge is -2.12. The van der Waals surface area contributed by atoms with E-state index in [1.165, 1.54) is 0 Å². The van der Waals surface area contributed by atoms with Crippen molar-refractivity contribution in [3.05, 3.63) is 16.1 Å². The van der Waals surface area contributed by atoms with Crippen LogP contribution in [0.3, 0.4) is 0 Å². The zero-order chi connectivity index (χ0) is 14.3. The zero-order valence-corrected chi connectivity index (χ0v) is 13.0. The Hall–Kier alpha value is -0.710. The normalized spacial score (nSPS) is 10.8. The minimum absolute atomic E-state index is 0.180. The second kappa shape index (κ2) is 8.46. The van der Waals surface area contributed by atoms with E-state index >= 15 is 0 Å². The monoisotopic (exact) mass is 306 g/mol. The largest absolute Gasteiger partial charge is 0.474 e. The molecule has 1 N–H and O–H groups in total. The lowest BCUT2D eigenvalue weighted by atomic mass is 10.4. The number of aromatic nitrogens is 1. The smallest absolute Gasteiger partial charge is 0.234 e. The average Bonchev–Trinajstić information content (AvgIpc) is 2.35. The molecule has 1 heterocycles. The van der Waals surface area contributed by atoms with Gasteiger partial charge < -0.3 is 14.8 Å². The van der Waals surface area contributed by atoms with Crippen LogP contribution in [0.4, 0.5) is 5.82 Å². The number of anilines is 1. The van der Waals surface area contributed by atoms with E-state index in [1.807, 2.05) is 13.8 Å². The predicted molar refractivity (Wildman–Crippen MR) is 79.6 cm³/mol. The first kappa shape index (κ1) is 16.3. The molecule has 0 atom stereocenters. The van der Waals surface area contributed by atoms with Crippen molar-refractivity contribution in [1.29, 1.82) is 0 Å². The first-order valence-electron chi connectivity index (χ1n) is 6.39. The molecule has 0 fully saturated rings. The highest BCUT2D eigenvalue weighted by molar-refractivity contribution is 6.36. The topological polar surface area (TPSA) is 43.4 Å². The summed E-state index contributed by atoms with van der Waals surface area (Å²) in [6, 6.07) is 1.63. The zero-order valence-electron chi connectivity index (χ0n) is 11.5. The number of rotatable bonds is 8. The Labute approximate surface area is 124 Å². The van der Waals surface area contributed by atoms with Crippen LogP contribution < -0.4 is 10.1 Å². The summed E-state index contributed by atoms with van der Waals surface area (Å²) in [6.07, 6.45) is 1.16. The molecule has 0 amide bonds. The number of halogens is 2. The Morgan fingerprint density at radius 1 is 1.26 bits per heavy atom. The lowest BCUT2D eigenvalue weighted by Crippen LogP contribution is -2.12. The van der Waals surface area contributed by atoms with Crippen molar-refractivity contribution in [2.24, 2.45) is 0 Å². The molecule has 1 aromatic heterocycles. The minimum atomic E-state index is 0.180. The van der Waals surface area contributed by atoms with Gasteiger partial charge in [0.15, 0.2) is 0 Å². The van der Waals surface area contributed by atoms with Crippen LogP contribution in [-0.2, 0) is 4.74 Å². The summed E-state index contributed by atoms with van der Waals surface area (Å²) >= 11 is 12.1. The third-order valence-electron chi connectivity index (χ3n) is 2.21. The highest BCUT2D eigenvalue weighted by Crippen LogP contribution is 2.30. The molecule has 19 heavy (non-hydrogen) atoms. The summed E-state index contributed by atoms with van der Waals surface area (Å²) in [5.41, 5.74) is 0. The maximum Gasteiger partial charge on any atom is 0.234 e. The van der Waals surface area contributed by atoms with Crippen LogP contribution in [0.25, 0.3) is 0 Å². The Morgan fingerprint density at radius 2 is 2.00 bits per heavy atom. The summed E-state index contributed by atoms with van der Waals surface area (Å²) in [7, 11) is 0. The van der Waals surface area contributed by atoms with Gasteiger partial charge in [-0.05, 0) is 26.3 Å². The first-order chi connectivity index (χ1) is 9.04. The fourth-order valence-electron chi connectivity index (χ4n) is 1.34. The molecule has 0 saturated carbocycles. The number of nitrogens with zero attached hydrogens (tertiary/aromatic N) is 1. The third kappa shape index (κ3) is 5.85. The van der Waals surface area contributed by atoms with E-state index in [-0.39, 0.29) is 6.10 Å². The number of hydrogen-bond donors (Lipinski definition) is 1.